The number of ether oxygens (including phenoxy) is 2. The summed E-state index contributed by atoms with van der Waals surface area (Å²) < 4.78 is 11.2. The summed E-state index contributed by atoms with van der Waals surface area (Å²) in [6.07, 6.45) is 0.699. The van der Waals surface area contributed by atoms with E-state index >= 15 is 0 Å². The lowest BCUT2D eigenvalue weighted by atomic mass is 10.2. The van der Waals surface area contributed by atoms with Crippen LogP contribution in [0.2, 0.25) is 0 Å². The van der Waals surface area contributed by atoms with Gasteiger partial charge in [-0.2, -0.15) is 5.26 Å². The van der Waals surface area contributed by atoms with Crippen molar-refractivity contribution in [1.82, 2.24) is 9.55 Å². The fourth-order valence-electron chi connectivity index (χ4n) is 1.37. The summed E-state index contributed by atoms with van der Waals surface area (Å²) in [5.74, 6) is 0. The molecule has 0 bridgehead atoms. The van der Waals surface area contributed by atoms with Crippen LogP contribution >= 0.6 is 0 Å². The van der Waals surface area contributed by atoms with Gasteiger partial charge < -0.3 is 9.47 Å². The van der Waals surface area contributed by atoms with Crippen molar-refractivity contribution in [3.8, 4) is 6.07 Å². The normalized spacial score (nSPS) is 12.5. The molecule has 1 aromatic rings. The van der Waals surface area contributed by atoms with Crippen molar-refractivity contribution in [2.45, 2.75) is 52.7 Å². The zero-order valence-corrected chi connectivity index (χ0v) is 14.1. The number of aromatic nitrogens is 2. The fraction of sp³-hybridized carbons (Fsp3) is 0.533. The van der Waals surface area contributed by atoms with Gasteiger partial charge in [0.1, 0.15) is 17.3 Å². The molecule has 0 radical (unpaired) electrons. The highest BCUT2D eigenvalue weighted by molar-refractivity contribution is 5.72. The van der Waals surface area contributed by atoms with Crippen molar-refractivity contribution >= 4 is 12.2 Å². The third-order valence-corrected chi connectivity index (χ3v) is 2.11. The molecule has 8 heteroatoms. The molecular weight excluding hydrogens is 300 g/mol. The number of nitriles is 1. The maximum Gasteiger partial charge on any atom is 0.437 e. The van der Waals surface area contributed by atoms with Crippen LogP contribution in [-0.2, 0) is 9.47 Å². The summed E-state index contributed by atoms with van der Waals surface area (Å²) in [7, 11) is 0. The topological polar surface area (TPSA) is 107 Å². The second kappa shape index (κ2) is 6.60. The van der Waals surface area contributed by atoms with Gasteiger partial charge in [0.2, 0.25) is 5.62 Å². The molecule has 0 aliphatic rings. The third kappa shape index (κ3) is 6.30. The first kappa shape index (κ1) is 18.4. The maximum absolute atomic E-state index is 12.2. The molecule has 1 amide bonds. The number of hydrogen-bond acceptors (Lipinski definition) is 6. The van der Waals surface area contributed by atoms with Crippen LogP contribution in [0.4, 0.5) is 9.59 Å². The standard InChI is InChI=1S/C15H20N4O4/c1-14(2,3)22-12(20)18-11-17-8-10(7-16)9-19(11)13(21)23-15(4,5)6/h8-9H,1-6H3/b18-11+. The highest BCUT2D eigenvalue weighted by Gasteiger charge is 2.20. The minimum atomic E-state index is -0.896. The third-order valence-electron chi connectivity index (χ3n) is 2.11. The van der Waals surface area contributed by atoms with Crippen molar-refractivity contribution < 1.29 is 19.1 Å². The van der Waals surface area contributed by atoms with Gasteiger partial charge in [-0.25, -0.2) is 19.1 Å². The fourth-order valence-corrected chi connectivity index (χ4v) is 1.37. The summed E-state index contributed by atoms with van der Waals surface area (Å²) in [6.45, 7) is 10.1. The van der Waals surface area contributed by atoms with E-state index in [1.54, 1.807) is 41.5 Å². The molecule has 0 unspecified atom stereocenters. The van der Waals surface area contributed by atoms with E-state index in [1.165, 1.54) is 12.4 Å². The molecule has 0 fully saturated rings. The Hall–Kier alpha value is -2.69. The molecule has 0 saturated carbocycles. The first-order valence-corrected chi connectivity index (χ1v) is 6.91. The molecule has 0 atom stereocenters. The second-order valence-corrected chi connectivity index (χ2v) is 6.70. The lowest BCUT2D eigenvalue weighted by molar-refractivity contribution is 0.0523. The average molecular weight is 320 g/mol. The molecule has 1 aromatic heterocycles. The predicted octanol–water partition coefficient (Wildman–Crippen LogP) is 2.37. The van der Waals surface area contributed by atoms with Gasteiger partial charge in [-0.1, -0.05) is 0 Å². The Morgan fingerprint density at radius 1 is 1.17 bits per heavy atom. The molecular formula is C15H20N4O4. The van der Waals surface area contributed by atoms with Gasteiger partial charge in [0.15, 0.2) is 0 Å². The van der Waals surface area contributed by atoms with E-state index in [9.17, 15) is 9.59 Å². The van der Waals surface area contributed by atoms with Crippen molar-refractivity contribution in [2.24, 2.45) is 4.99 Å². The monoisotopic (exact) mass is 320 g/mol. The van der Waals surface area contributed by atoms with Crippen molar-refractivity contribution in [2.75, 3.05) is 0 Å². The molecule has 23 heavy (non-hydrogen) atoms. The molecule has 1 heterocycles. The van der Waals surface area contributed by atoms with Crippen LogP contribution in [0.5, 0.6) is 0 Å². The molecule has 1 rings (SSSR count). The van der Waals surface area contributed by atoms with Gasteiger partial charge in [-0.3, -0.25) is 0 Å². The number of rotatable bonds is 0. The molecule has 0 saturated heterocycles. The average Bonchev–Trinajstić information content (AvgIpc) is 2.34. The SMILES string of the molecule is CC(C)(C)OC(=O)/N=c1\ncc(C#N)cn1C(=O)OC(C)(C)C. The Balaban J connectivity index is 3.30. The van der Waals surface area contributed by atoms with Gasteiger partial charge in [0.25, 0.3) is 0 Å². The highest BCUT2D eigenvalue weighted by Crippen LogP contribution is 2.09. The first-order chi connectivity index (χ1) is 10.4. The minimum Gasteiger partial charge on any atom is -0.443 e. The van der Waals surface area contributed by atoms with Crippen LogP contribution in [0.15, 0.2) is 17.4 Å². The molecule has 0 N–H and O–H groups in total. The summed E-state index contributed by atoms with van der Waals surface area (Å²) in [5, 5.41) is 8.92. The molecule has 0 spiro atoms. The predicted molar refractivity (Wildman–Crippen MR) is 80.4 cm³/mol. The van der Waals surface area contributed by atoms with Crippen molar-refractivity contribution in [3.63, 3.8) is 0 Å². The largest absolute Gasteiger partial charge is 0.443 e. The lowest BCUT2D eigenvalue weighted by Gasteiger charge is -2.20. The molecule has 0 aliphatic carbocycles. The van der Waals surface area contributed by atoms with E-state index in [4.69, 9.17) is 14.7 Å². The quantitative estimate of drug-likeness (QED) is 0.726. The van der Waals surface area contributed by atoms with Crippen LogP contribution in [0, 0.1) is 11.3 Å². The summed E-state index contributed by atoms with van der Waals surface area (Å²) in [4.78, 5) is 31.5. The van der Waals surface area contributed by atoms with Gasteiger partial charge in [-0.05, 0) is 41.5 Å². The van der Waals surface area contributed by atoms with E-state index in [-0.39, 0.29) is 11.2 Å². The van der Waals surface area contributed by atoms with E-state index in [0.717, 1.165) is 4.57 Å². The number of carbonyl (C=O) groups is 2. The summed E-state index contributed by atoms with van der Waals surface area (Å²) in [6, 6.07) is 1.85. The number of nitrogens with zero attached hydrogens (tertiary/aromatic N) is 4. The van der Waals surface area contributed by atoms with Gasteiger partial charge in [0.05, 0.1) is 11.8 Å². The molecule has 124 valence electrons. The van der Waals surface area contributed by atoms with Crippen molar-refractivity contribution in [1.29, 1.82) is 5.26 Å². The summed E-state index contributed by atoms with van der Waals surface area (Å²) >= 11 is 0. The maximum atomic E-state index is 12.2. The Morgan fingerprint density at radius 2 is 1.74 bits per heavy atom. The Kier molecular flexibility index (Phi) is 5.27. The second-order valence-electron chi connectivity index (χ2n) is 6.70. The van der Waals surface area contributed by atoms with E-state index in [1.807, 2.05) is 6.07 Å². The zero-order chi connectivity index (χ0) is 17.8. The van der Waals surface area contributed by atoms with Crippen LogP contribution < -0.4 is 5.62 Å². The van der Waals surface area contributed by atoms with E-state index in [2.05, 4.69) is 9.98 Å². The van der Waals surface area contributed by atoms with Gasteiger partial charge in [-0.15, -0.1) is 4.99 Å². The minimum absolute atomic E-state index is 0.124. The van der Waals surface area contributed by atoms with Crippen LogP contribution in [0.25, 0.3) is 0 Å². The first-order valence-electron chi connectivity index (χ1n) is 6.91. The zero-order valence-electron chi connectivity index (χ0n) is 14.1. The smallest absolute Gasteiger partial charge is 0.437 e. The highest BCUT2D eigenvalue weighted by atomic mass is 16.6. The number of hydrogen-bond donors (Lipinski definition) is 0. The number of amides is 1. The Bertz CT molecular complexity index is 715. The van der Waals surface area contributed by atoms with E-state index < -0.39 is 23.4 Å². The van der Waals surface area contributed by atoms with E-state index in [0.29, 0.717) is 0 Å². The molecule has 0 aromatic carbocycles. The van der Waals surface area contributed by atoms with Gasteiger partial charge in [0, 0.05) is 6.20 Å². The Morgan fingerprint density at radius 3 is 2.22 bits per heavy atom. The number of carbonyl (C=O) groups excluding carboxylic acids is 2. The van der Waals surface area contributed by atoms with Crippen LogP contribution in [0.3, 0.4) is 0 Å². The van der Waals surface area contributed by atoms with Crippen molar-refractivity contribution in [3.05, 3.63) is 23.6 Å². The van der Waals surface area contributed by atoms with Crippen LogP contribution in [0.1, 0.15) is 47.1 Å². The molecule has 8 nitrogen and oxygen atoms in total. The lowest BCUT2D eigenvalue weighted by Crippen LogP contribution is -2.36. The summed E-state index contributed by atoms with van der Waals surface area (Å²) in [5.41, 5.74) is -1.59. The van der Waals surface area contributed by atoms with Crippen LogP contribution in [-0.4, -0.2) is 32.9 Å². The Labute approximate surface area is 134 Å². The van der Waals surface area contributed by atoms with Gasteiger partial charge >= 0.3 is 12.2 Å². The molecule has 0 aliphatic heterocycles.